The van der Waals surface area contributed by atoms with Gasteiger partial charge in [-0.1, -0.05) is 18.2 Å². The van der Waals surface area contributed by atoms with Gasteiger partial charge in [0.25, 0.3) is 0 Å². The minimum Gasteiger partial charge on any atom is -0.378 e. The van der Waals surface area contributed by atoms with Gasteiger partial charge in [-0.2, -0.15) is 0 Å². The van der Waals surface area contributed by atoms with Crippen molar-refractivity contribution in [2.75, 3.05) is 38.3 Å². The molecule has 0 saturated carbocycles. The number of nitrogens with zero attached hydrogens (tertiary/aromatic N) is 1. The minimum absolute atomic E-state index is 0.851. The molecule has 0 bridgehead atoms. The molecule has 1 fully saturated rings. The highest BCUT2D eigenvalue weighted by atomic mass is 16.5. The molecule has 0 aromatic heterocycles. The molecule has 1 aromatic carbocycles. The molecule has 0 unspecified atom stereocenters. The Labute approximate surface area is 91.0 Å². The standard InChI is InChI=1S/C12H18N2O/c1-13-10-11-4-2-3-5-12(11)14-6-8-15-9-7-14/h2-5,13H,6-10H2,1H3/p+1. The highest BCUT2D eigenvalue weighted by Gasteiger charge is 2.14. The molecule has 1 heterocycles. The number of hydrogen-bond donors (Lipinski definition) is 1. The van der Waals surface area contributed by atoms with E-state index in [4.69, 9.17) is 4.74 Å². The van der Waals surface area contributed by atoms with Crippen molar-refractivity contribution in [3.05, 3.63) is 29.8 Å². The van der Waals surface area contributed by atoms with Crippen LogP contribution in [0.1, 0.15) is 5.56 Å². The Hall–Kier alpha value is -1.06. The minimum atomic E-state index is 0.851. The van der Waals surface area contributed by atoms with Crippen LogP contribution >= 0.6 is 0 Å². The molecule has 2 rings (SSSR count). The fourth-order valence-electron chi connectivity index (χ4n) is 2.02. The van der Waals surface area contributed by atoms with Crippen LogP contribution in [-0.4, -0.2) is 33.4 Å². The Morgan fingerprint density at radius 2 is 2.00 bits per heavy atom. The smallest absolute Gasteiger partial charge is 0.103 e. The lowest BCUT2D eigenvalue weighted by Gasteiger charge is -2.30. The SMILES string of the molecule is C[NH2+]Cc1ccccc1N1CCOCC1. The third-order valence-electron chi connectivity index (χ3n) is 2.77. The van der Waals surface area contributed by atoms with Crippen molar-refractivity contribution < 1.29 is 10.1 Å². The normalized spacial score (nSPS) is 16.7. The summed E-state index contributed by atoms with van der Waals surface area (Å²) in [6.45, 7) is 4.78. The Bertz CT molecular complexity index is 308. The maximum atomic E-state index is 5.37. The molecule has 1 aliphatic heterocycles. The maximum Gasteiger partial charge on any atom is 0.103 e. The molecule has 1 aromatic rings. The average molecular weight is 207 g/mol. The molecule has 1 saturated heterocycles. The summed E-state index contributed by atoms with van der Waals surface area (Å²) in [6, 6.07) is 8.65. The van der Waals surface area contributed by atoms with Crippen LogP contribution in [0.2, 0.25) is 0 Å². The molecule has 3 nitrogen and oxygen atoms in total. The fraction of sp³-hybridized carbons (Fsp3) is 0.500. The molecule has 3 heteroatoms. The quantitative estimate of drug-likeness (QED) is 0.768. The first-order valence-electron chi connectivity index (χ1n) is 5.60. The summed E-state index contributed by atoms with van der Waals surface area (Å²) in [5, 5.41) is 2.21. The molecule has 0 atom stereocenters. The number of rotatable bonds is 3. The number of morpholine rings is 1. The van der Waals surface area contributed by atoms with E-state index in [9.17, 15) is 0 Å². The average Bonchev–Trinajstić information content (AvgIpc) is 2.31. The zero-order valence-corrected chi connectivity index (χ0v) is 9.28. The van der Waals surface area contributed by atoms with E-state index >= 15 is 0 Å². The summed E-state index contributed by atoms with van der Waals surface area (Å²) in [7, 11) is 2.11. The summed E-state index contributed by atoms with van der Waals surface area (Å²) in [5.74, 6) is 0. The van der Waals surface area contributed by atoms with Gasteiger partial charge in [0.2, 0.25) is 0 Å². The van der Waals surface area contributed by atoms with E-state index < -0.39 is 0 Å². The van der Waals surface area contributed by atoms with E-state index in [0.717, 1.165) is 32.8 Å². The number of ether oxygens (including phenoxy) is 1. The third-order valence-corrected chi connectivity index (χ3v) is 2.77. The predicted molar refractivity (Wildman–Crippen MR) is 61.0 cm³/mol. The van der Waals surface area contributed by atoms with Crippen LogP contribution in [-0.2, 0) is 11.3 Å². The number of quaternary nitrogens is 1. The van der Waals surface area contributed by atoms with Crippen molar-refractivity contribution in [1.82, 2.24) is 0 Å². The van der Waals surface area contributed by atoms with Crippen molar-refractivity contribution in [1.29, 1.82) is 0 Å². The summed E-state index contributed by atoms with van der Waals surface area (Å²) >= 11 is 0. The van der Waals surface area contributed by atoms with Crippen LogP contribution in [0.25, 0.3) is 0 Å². The lowest BCUT2D eigenvalue weighted by molar-refractivity contribution is -0.643. The van der Waals surface area contributed by atoms with Gasteiger partial charge in [0.1, 0.15) is 6.54 Å². The van der Waals surface area contributed by atoms with Gasteiger partial charge in [-0.15, -0.1) is 0 Å². The van der Waals surface area contributed by atoms with Crippen molar-refractivity contribution >= 4 is 5.69 Å². The van der Waals surface area contributed by atoms with Gasteiger partial charge < -0.3 is 15.0 Å². The van der Waals surface area contributed by atoms with E-state index in [1.807, 2.05) is 0 Å². The molecule has 0 spiro atoms. The highest BCUT2D eigenvalue weighted by molar-refractivity contribution is 5.53. The second-order valence-electron chi connectivity index (χ2n) is 3.84. The second kappa shape index (κ2) is 5.14. The second-order valence-corrected chi connectivity index (χ2v) is 3.84. The van der Waals surface area contributed by atoms with E-state index in [2.05, 4.69) is 41.5 Å². The van der Waals surface area contributed by atoms with Crippen LogP contribution in [0.5, 0.6) is 0 Å². The van der Waals surface area contributed by atoms with E-state index in [1.54, 1.807) is 0 Å². The number of anilines is 1. The van der Waals surface area contributed by atoms with Gasteiger partial charge in [0, 0.05) is 24.3 Å². The topological polar surface area (TPSA) is 29.1 Å². The number of benzene rings is 1. The maximum absolute atomic E-state index is 5.37. The number of nitrogens with two attached hydrogens (primary N) is 1. The predicted octanol–water partition coefficient (Wildman–Crippen LogP) is 0.216. The van der Waals surface area contributed by atoms with Gasteiger partial charge in [-0.05, 0) is 6.07 Å². The van der Waals surface area contributed by atoms with Gasteiger partial charge in [0.15, 0.2) is 0 Å². The fourth-order valence-corrected chi connectivity index (χ4v) is 2.02. The van der Waals surface area contributed by atoms with E-state index in [0.29, 0.717) is 0 Å². The van der Waals surface area contributed by atoms with Gasteiger partial charge in [0.05, 0.1) is 20.3 Å². The first-order chi connectivity index (χ1) is 7.42. The van der Waals surface area contributed by atoms with Crippen LogP contribution < -0.4 is 10.2 Å². The first-order valence-corrected chi connectivity index (χ1v) is 5.60. The molecule has 82 valence electrons. The van der Waals surface area contributed by atoms with Crippen LogP contribution in [0.15, 0.2) is 24.3 Å². The molecule has 0 aliphatic carbocycles. The van der Waals surface area contributed by atoms with Gasteiger partial charge >= 0.3 is 0 Å². The molecule has 0 radical (unpaired) electrons. The summed E-state index contributed by atoms with van der Waals surface area (Å²) < 4.78 is 5.37. The zero-order chi connectivity index (χ0) is 10.5. The summed E-state index contributed by atoms with van der Waals surface area (Å²) in [6.07, 6.45) is 0. The number of hydrogen-bond acceptors (Lipinski definition) is 2. The monoisotopic (exact) mass is 207 g/mol. The summed E-state index contributed by atoms with van der Waals surface area (Å²) in [5.41, 5.74) is 2.79. The van der Waals surface area contributed by atoms with E-state index in [1.165, 1.54) is 11.3 Å². The third kappa shape index (κ3) is 2.49. The zero-order valence-electron chi connectivity index (χ0n) is 9.28. The molecule has 15 heavy (non-hydrogen) atoms. The van der Waals surface area contributed by atoms with Crippen LogP contribution in [0.4, 0.5) is 5.69 Å². The Kier molecular flexibility index (Phi) is 3.59. The van der Waals surface area contributed by atoms with Crippen LogP contribution in [0.3, 0.4) is 0 Å². The first kappa shape index (κ1) is 10.5. The Balaban J connectivity index is 2.17. The molecular formula is C12H19N2O+. The number of para-hydroxylation sites is 1. The van der Waals surface area contributed by atoms with Crippen molar-refractivity contribution in [3.8, 4) is 0 Å². The van der Waals surface area contributed by atoms with Crippen molar-refractivity contribution in [3.63, 3.8) is 0 Å². The van der Waals surface area contributed by atoms with Crippen molar-refractivity contribution in [2.24, 2.45) is 0 Å². The van der Waals surface area contributed by atoms with Gasteiger partial charge in [-0.3, -0.25) is 0 Å². The van der Waals surface area contributed by atoms with Crippen LogP contribution in [0, 0.1) is 0 Å². The lowest BCUT2D eigenvalue weighted by Crippen LogP contribution is -2.77. The highest BCUT2D eigenvalue weighted by Crippen LogP contribution is 2.20. The van der Waals surface area contributed by atoms with E-state index in [-0.39, 0.29) is 0 Å². The molecular weight excluding hydrogens is 188 g/mol. The molecule has 0 amide bonds. The largest absolute Gasteiger partial charge is 0.378 e. The lowest BCUT2D eigenvalue weighted by atomic mass is 10.1. The Morgan fingerprint density at radius 1 is 1.27 bits per heavy atom. The van der Waals surface area contributed by atoms with Gasteiger partial charge in [-0.25, -0.2) is 0 Å². The summed E-state index contributed by atoms with van der Waals surface area (Å²) in [4.78, 5) is 2.42. The molecule has 2 N–H and O–H groups in total. The Morgan fingerprint density at radius 3 is 2.73 bits per heavy atom. The molecule has 1 aliphatic rings. The van der Waals surface area contributed by atoms with Crippen molar-refractivity contribution in [2.45, 2.75) is 6.54 Å².